The van der Waals surface area contributed by atoms with Gasteiger partial charge in [0.15, 0.2) is 0 Å². The minimum Gasteiger partial charge on any atom is -0.456 e. The van der Waals surface area contributed by atoms with Gasteiger partial charge in [-0.3, -0.25) is 5.32 Å². The molecule has 11 rings (SSSR count). The van der Waals surface area contributed by atoms with Crippen LogP contribution in [0, 0.1) is 0 Å². The number of fused-ring (bicyclic) bond motifs is 7. The molecule has 3 heterocycles. The number of anilines is 3. The summed E-state index contributed by atoms with van der Waals surface area (Å²) in [6, 6.07) is 58.7. The molecule has 55 heavy (non-hydrogen) atoms. The molecule has 2 aromatic heterocycles. The number of nitrogens with one attached hydrogen (secondary N) is 2. The van der Waals surface area contributed by atoms with Gasteiger partial charge in [-0.25, -0.2) is 0 Å². The molecule has 1 aliphatic carbocycles. The molecule has 2 aliphatic rings. The van der Waals surface area contributed by atoms with E-state index in [0.29, 0.717) is 0 Å². The summed E-state index contributed by atoms with van der Waals surface area (Å²) in [6.07, 6.45) is 8.56. The Morgan fingerprint density at radius 2 is 1.22 bits per heavy atom. The van der Waals surface area contributed by atoms with Crippen molar-refractivity contribution in [3.8, 4) is 11.1 Å². The van der Waals surface area contributed by atoms with E-state index in [-0.39, 0.29) is 12.2 Å². The summed E-state index contributed by atoms with van der Waals surface area (Å²) in [6.45, 7) is 0. The zero-order chi connectivity index (χ0) is 36.3. The Hall–Kier alpha value is -6.66. The maximum absolute atomic E-state index is 6.73. The van der Waals surface area contributed by atoms with Gasteiger partial charge in [-0.15, -0.1) is 11.3 Å². The monoisotopic (exact) mass is 725 g/mol. The van der Waals surface area contributed by atoms with Crippen LogP contribution in [0.3, 0.4) is 0 Å². The first-order chi connectivity index (χ1) is 27.2. The fourth-order valence-corrected chi connectivity index (χ4v) is 9.49. The molecular weight excluding hydrogens is 691 g/mol. The average molecular weight is 726 g/mol. The van der Waals surface area contributed by atoms with Crippen molar-refractivity contribution >= 4 is 76.2 Å². The molecule has 2 atom stereocenters. The smallest absolute Gasteiger partial charge is 0.137 e. The predicted octanol–water partition coefficient (Wildman–Crippen LogP) is 13.2. The highest BCUT2D eigenvalue weighted by Gasteiger charge is 2.30. The predicted molar refractivity (Wildman–Crippen MR) is 231 cm³/mol. The maximum Gasteiger partial charge on any atom is 0.137 e. The second-order valence-corrected chi connectivity index (χ2v) is 15.3. The molecule has 7 aromatic carbocycles. The van der Waals surface area contributed by atoms with Gasteiger partial charge in [0.25, 0.3) is 0 Å². The molecule has 0 fully saturated rings. The number of rotatable bonds is 6. The maximum atomic E-state index is 6.73. The number of hydrogen-bond donors (Lipinski definition) is 2. The Bertz CT molecular complexity index is 2990. The van der Waals surface area contributed by atoms with Gasteiger partial charge in [0, 0.05) is 65.3 Å². The standard InChI is InChI=1S/C50H35N3OS/c1-3-12-32(13-4-1)33-22-24-35(25-23-33)53(37-26-28-39-38-16-8-10-21-46(38)55-47(39)31-37)36-27-29-41-45(30-36)54-44-20-11-18-42(48(41)44)50-51-43-19-9-7-17-40(43)49(52-50)34-14-5-2-6-15-34/h1-31,43,50-52H. The summed E-state index contributed by atoms with van der Waals surface area (Å²) in [5, 5.41) is 12.5. The van der Waals surface area contributed by atoms with E-state index < -0.39 is 0 Å². The highest BCUT2D eigenvalue weighted by Crippen LogP contribution is 2.44. The van der Waals surface area contributed by atoms with Crippen LogP contribution in [0.15, 0.2) is 198 Å². The van der Waals surface area contributed by atoms with E-state index in [1.807, 2.05) is 11.3 Å². The van der Waals surface area contributed by atoms with Crippen LogP contribution in [0.2, 0.25) is 0 Å². The number of benzene rings is 7. The first kappa shape index (κ1) is 31.8. The Morgan fingerprint density at radius 1 is 0.527 bits per heavy atom. The summed E-state index contributed by atoms with van der Waals surface area (Å²) in [5.74, 6) is 0. The SMILES string of the molecule is C1=CC2=C(c3ccccc3)NC(c3cccc4oc5cc(N(c6ccc(-c7ccccc7)cc6)c6ccc7c(c6)sc6ccccc67)ccc5c34)NC2C=C1. The van der Waals surface area contributed by atoms with Crippen molar-refractivity contribution in [3.63, 3.8) is 0 Å². The topological polar surface area (TPSA) is 40.4 Å². The van der Waals surface area contributed by atoms with E-state index in [0.717, 1.165) is 50.3 Å². The lowest BCUT2D eigenvalue weighted by molar-refractivity contribution is 0.462. The van der Waals surface area contributed by atoms with Crippen LogP contribution in [0.25, 0.3) is 58.9 Å². The molecule has 262 valence electrons. The fourth-order valence-electron chi connectivity index (χ4n) is 8.35. The first-order valence-corrected chi connectivity index (χ1v) is 19.6. The van der Waals surface area contributed by atoms with E-state index in [9.17, 15) is 0 Å². The summed E-state index contributed by atoms with van der Waals surface area (Å²) >= 11 is 1.84. The molecular formula is C50H35N3OS. The van der Waals surface area contributed by atoms with Crippen molar-refractivity contribution in [1.82, 2.24) is 10.6 Å². The molecule has 1 aliphatic heterocycles. The zero-order valence-electron chi connectivity index (χ0n) is 29.8. The van der Waals surface area contributed by atoms with Gasteiger partial charge < -0.3 is 14.6 Å². The Balaban J connectivity index is 1.03. The van der Waals surface area contributed by atoms with Gasteiger partial charge in [0.2, 0.25) is 0 Å². The summed E-state index contributed by atoms with van der Waals surface area (Å²) in [7, 11) is 0. The molecule has 2 unspecified atom stereocenters. The fraction of sp³-hybridized carbons (Fsp3) is 0.0400. The van der Waals surface area contributed by atoms with E-state index in [4.69, 9.17) is 4.42 Å². The average Bonchev–Trinajstić information content (AvgIpc) is 3.82. The Kier molecular flexibility index (Phi) is 7.54. The lowest BCUT2D eigenvalue weighted by Crippen LogP contribution is -2.45. The van der Waals surface area contributed by atoms with Crippen molar-refractivity contribution in [3.05, 3.63) is 205 Å². The van der Waals surface area contributed by atoms with E-state index >= 15 is 0 Å². The number of allylic oxidation sites excluding steroid dienone is 2. The first-order valence-electron chi connectivity index (χ1n) is 18.7. The molecule has 4 nitrogen and oxygen atoms in total. The largest absolute Gasteiger partial charge is 0.456 e. The molecule has 0 spiro atoms. The lowest BCUT2D eigenvalue weighted by Gasteiger charge is -2.36. The molecule has 0 saturated carbocycles. The van der Waals surface area contributed by atoms with Gasteiger partial charge in [-0.2, -0.15) is 0 Å². The summed E-state index contributed by atoms with van der Waals surface area (Å²) in [5.41, 5.74) is 12.0. The highest BCUT2D eigenvalue weighted by molar-refractivity contribution is 7.25. The van der Waals surface area contributed by atoms with Crippen molar-refractivity contribution in [2.45, 2.75) is 12.2 Å². The number of nitrogens with zero attached hydrogens (tertiary/aromatic N) is 1. The quantitative estimate of drug-likeness (QED) is 0.179. The van der Waals surface area contributed by atoms with E-state index in [1.54, 1.807) is 0 Å². The molecule has 0 bridgehead atoms. The molecule has 0 saturated heterocycles. The molecule has 0 radical (unpaired) electrons. The van der Waals surface area contributed by atoms with Crippen molar-refractivity contribution < 1.29 is 4.42 Å². The van der Waals surface area contributed by atoms with Gasteiger partial charge in [0.05, 0.1) is 6.04 Å². The number of thiophene rings is 1. The Morgan fingerprint density at radius 3 is 2.05 bits per heavy atom. The number of hydrogen-bond acceptors (Lipinski definition) is 5. The third-order valence-electron chi connectivity index (χ3n) is 10.9. The Labute approximate surface area is 323 Å². The summed E-state index contributed by atoms with van der Waals surface area (Å²) in [4.78, 5) is 2.35. The van der Waals surface area contributed by atoms with Gasteiger partial charge in [0.1, 0.15) is 17.3 Å². The van der Waals surface area contributed by atoms with Crippen LogP contribution in [0.1, 0.15) is 17.3 Å². The van der Waals surface area contributed by atoms with Gasteiger partial charge in [-0.1, -0.05) is 133 Å². The van der Waals surface area contributed by atoms with Crippen LogP contribution < -0.4 is 15.5 Å². The van der Waals surface area contributed by atoms with Crippen LogP contribution in [-0.4, -0.2) is 6.04 Å². The van der Waals surface area contributed by atoms with Crippen molar-refractivity contribution in [1.29, 1.82) is 0 Å². The lowest BCUT2D eigenvalue weighted by atomic mass is 9.92. The summed E-state index contributed by atoms with van der Waals surface area (Å²) < 4.78 is 9.30. The minimum absolute atomic E-state index is 0.0894. The van der Waals surface area contributed by atoms with Crippen LogP contribution in [0.4, 0.5) is 17.1 Å². The number of furan rings is 1. The van der Waals surface area contributed by atoms with E-state index in [2.05, 4.69) is 204 Å². The highest BCUT2D eigenvalue weighted by atomic mass is 32.1. The van der Waals surface area contributed by atoms with Crippen LogP contribution >= 0.6 is 11.3 Å². The van der Waals surface area contributed by atoms with Crippen molar-refractivity contribution in [2.24, 2.45) is 0 Å². The van der Waals surface area contributed by atoms with Crippen LogP contribution in [-0.2, 0) is 0 Å². The minimum atomic E-state index is -0.128. The van der Waals surface area contributed by atoms with Gasteiger partial charge >= 0.3 is 0 Å². The molecule has 0 amide bonds. The van der Waals surface area contributed by atoms with Crippen molar-refractivity contribution in [2.75, 3.05) is 4.90 Å². The second kappa shape index (κ2) is 13.0. The van der Waals surface area contributed by atoms with Gasteiger partial charge in [-0.05, 0) is 70.8 Å². The van der Waals surface area contributed by atoms with E-state index in [1.165, 1.54) is 42.4 Å². The molecule has 2 N–H and O–H groups in total. The normalized spacial score (nSPS) is 16.6. The van der Waals surface area contributed by atoms with Crippen LogP contribution in [0.5, 0.6) is 0 Å². The zero-order valence-corrected chi connectivity index (χ0v) is 30.6. The third-order valence-corrected chi connectivity index (χ3v) is 12.1. The molecule has 5 heteroatoms. The second-order valence-electron chi connectivity index (χ2n) is 14.2. The third kappa shape index (κ3) is 5.47. The molecule has 9 aromatic rings.